The number of anilines is 1. The molecule has 162 valence electrons. The molecule has 0 bridgehead atoms. The highest BCUT2D eigenvalue weighted by Gasteiger charge is 2.40. The number of nitrogens with one attached hydrogen (secondary N) is 2. The average Bonchev–Trinajstić information content (AvgIpc) is 3.20. The van der Waals surface area contributed by atoms with Crippen LogP contribution in [0.4, 0.5) is 5.69 Å². The number of hydrogen-bond acceptors (Lipinski definition) is 6. The Bertz CT molecular complexity index is 1020. The van der Waals surface area contributed by atoms with Gasteiger partial charge in [-0.05, 0) is 48.7 Å². The highest BCUT2D eigenvalue weighted by molar-refractivity contribution is 5.96. The molecule has 0 saturated carbocycles. The normalized spacial score (nSPS) is 19.9. The van der Waals surface area contributed by atoms with Gasteiger partial charge in [-0.25, -0.2) is 5.43 Å². The van der Waals surface area contributed by atoms with Crippen LogP contribution in [0.2, 0.25) is 0 Å². The maximum Gasteiger partial charge on any atom is 0.251 e. The topological polar surface area (TPSA) is 83.1 Å². The minimum atomic E-state index is -0.380. The molecule has 2 atom stereocenters. The van der Waals surface area contributed by atoms with Crippen molar-refractivity contribution in [3.05, 3.63) is 66.0 Å². The third-order valence-electron chi connectivity index (χ3n) is 5.50. The van der Waals surface area contributed by atoms with Crippen LogP contribution >= 0.6 is 0 Å². The second-order valence-corrected chi connectivity index (χ2v) is 7.64. The standard InChI is InChI=1S/C23H26N4O4/c1-15-5-4-6-17(11-15)24-22(28)14-26-9-10-27-19(23(26)29)13-18(25-27)16-7-8-20(30-2)21(12-16)31-3/h4-12,18-19,25H,13-14H2,1-3H3,(H,24,28). The summed E-state index contributed by atoms with van der Waals surface area (Å²) in [5.41, 5.74) is 6.12. The number of ether oxygens (including phenoxy) is 2. The molecule has 2 N–H and O–H groups in total. The SMILES string of the molecule is COc1ccc(C2CC3C(=O)N(CC(=O)Nc4cccc(C)c4)C=CN3N2)cc1OC. The first-order chi connectivity index (χ1) is 15.0. The number of carbonyl (C=O) groups is 2. The fourth-order valence-corrected chi connectivity index (χ4v) is 3.93. The summed E-state index contributed by atoms with van der Waals surface area (Å²) in [6.45, 7) is 1.93. The molecule has 2 heterocycles. The summed E-state index contributed by atoms with van der Waals surface area (Å²) in [4.78, 5) is 26.9. The number of methoxy groups -OCH3 is 2. The summed E-state index contributed by atoms with van der Waals surface area (Å²) in [7, 11) is 3.19. The number of carbonyl (C=O) groups excluding carboxylic acids is 2. The van der Waals surface area contributed by atoms with Gasteiger partial charge in [0, 0.05) is 18.1 Å². The molecule has 2 aliphatic rings. The van der Waals surface area contributed by atoms with Crippen molar-refractivity contribution in [3.63, 3.8) is 0 Å². The van der Waals surface area contributed by atoms with E-state index in [4.69, 9.17) is 9.47 Å². The van der Waals surface area contributed by atoms with Crippen molar-refractivity contribution in [2.24, 2.45) is 0 Å². The molecule has 1 fully saturated rings. The predicted octanol–water partition coefficient (Wildman–Crippen LogP) is 2.58. The van der Waals surface area contributed by atoms with E-state index in [1.54, 1.807) is 31.6 Å². The van der Waals surface area contributed by atoms with Crippen molar-refractivity contribution in [2.45, 2.75) is 25.4 Å². The Morgan fingerprint density at radius 1 is 1.13 bits per heavy atom. The molecular formula is C23H26N4O4. The Morgan fingerprint density at radius 3 is 2.68 bits per heavy atom. The van der Waals surface area contributed by atoms with Crippen molar-refractivity contribution >= 4 is 17.5 Å². The van der Waals surface area contributed by atoms with Crippen LogP contribution in [0.25, 0.3) is 0 Å². The molecule has 0 radical (unpaired) electrons. The number of amides is 2. The Labute approximate surface area is 181 Å². The second kappa shape index (κ2) is 8.69. The van der Waals surface area contributed by atoms with Crippen LogP contribution in [0.5, 0.6) is 11.5 Å². The van der Waals surface area contributed by atoms with Gasteiger partial charge in [-0.1, -0.05) is 18.2 Å². The molecule has 8 nitrogen and oxygen atoms in total. The number of aryl methyl sites for hydroxylation is 1. The van der Waals surface area contributed by atoms with Gasteiger partial charge in [0.15, 0.2) is 11.5 Å². The van der Waals surface area contributed by atoms with E-state index in [9.17, 15) is 9.59 Å². The van der Waals surface area contributed by atoms with E-state index in [1.165, 1.54) is 4.90 Å². The molecule has 2 aromatic carbocycles. The molecule has 2 amide bonds. The van der Waals surface area contributed by atoms with Gasteiger partial charge in [-0.2, -0.15) is 0 Å². The van der Waals surface area contributed by atoms with Gasteiger partial charge in [-0.3, -0.25) is 9.59 Å². The van der Waals surface area contributed by atoms with Crippen molar-refractivity contribution in [3.8, 4) is 11.5 Å². The molecule has 0 spiro atoms. The third kappa shape index (κ3) is 4.34. The second-order valence-electron chi connectivity index (χ2n) is 7.64. The zero-order chi connectivity index (χ0) is 22.0. The molecule has 0 aliphatic carbocycles. The van der Waals surface area contributed by atoms with Gasteiger partial charge in [0.25, 0.3) is 5.91 Å². The van der Waals surface area contributed by atoms with Gasteiger partial charge in [0.1, 0.15) is 12.6 Å². The molecular weight excluding hydrogens is 396 g/mol. The first-order valence-corrected chi connectivity index (χ1v) is 10.1. The lowest BCUT2D eigenvalue weighted by atomic mass is 10.0. The molecule has 4 rings (SSSR count). The zero-order valence-electron chi connectivity index (χ0n) is 17.8. The average molecular weight is 422 g/mol. The minimum Gasteiger partial charge on any atom is -0.493 e. The summed E-state index contributed by atoms with van der Waals surface area (Å²) in [6.07, 6.45) is 4.01. The van der Waals surface area contributed by atoms with Gasteiger partial charge < -0.3 is 24.7 Å². The number of hydrazine groups is 1. The maximum atomic E-state index is 13.0. The third-order valence-corrected chi connectivity index (χ3v) is 5.50. The molecule has 0 aromatic heterocycles. The van der Waals surface area contributed by atoms with Crippen molar-refractivity contribution < 1.29 is 19.1 Å². The first-order valence-electron chi connectivity index (χ1n) is 10.1. The van der Waals surface area contributed by atoms with Crippen molar-refractivity contribution in [2.75, 3.05) is 26.1 Å². The first kappa shape index (κ1) is 20.7. The fraction of sp³-hybridized carbons (Fsp3) is 0.304. The van der Waals surface area contributed by atoms with Crippen LogP contribution in [-0.4, -0.2) is 48.5 Å². The van der Waals surface area contributed by atoms with E-state index >= 15 is 0 Å². The predicted molar refractivity (Wildman–Crippen MR) is 116 cm³/mol. The quantitative estimate of drug-likeness (QED) is 0.745. The highest BCUT2D eigenvalue weighted by Crippen LogP contribution is 2.35. The molecule has 2 aliphatic heterocycles. The van der Waals surface area contributed by atoms with Crippen LogP contribution in [0.3, 0.4) is 0 Å². The summed E-state index contributed by atoms with van der Waals surface area (Å²) in [5.74, 6) is 0.948. The van der Waals surface area contributed by atoms with Crippen LogP contribution in [0, 0.1) is 6.92 Å². The summed E-state index contributed by atoms with van der Waals surface area (Å²) in [6, 6.07) is 12.9. The van der Waals surface area contributed by atoms with Crippen LogP contribution < -0.4 is 20.2 Å². The smallest absolute Gasteiger partial charge is 0.251 e. The van der Waals surface area contributed by atoms with E-state index in [-0.39, 0.29) is 30.4 Å². The number of nitrogens with zero attached hydrogens (tertiary/aromatic N) is 2. The Balaban J connectivity index is 1.41. The van der Waals surface area contributed by atoms with Crippen LogP contribution in [0.1, 0.15) is 23.6 Å². The van der Waals surface area contributed by atoms with Crippen LogP contribution in [0.15, 0.2) is 54.9 Å². The Hall–Kier alpha value is -3.52. The van der Waals surface area contributed by atoms with E-state index in [0.717, 1.165) is 16.8 Å². The van der Waals surface area contributed by atoms with E-state index in [1.807, 2.05) is 49.4 Å². The molecule has 8 heteroatoms. The molecule has 2 aromatic rings. The lowest BCUT2D eigenvalue weighted by Crippen LogP contribution is -2.49. The van der Waals surface area contributed by atoms with E-state index in [0.29, 0.717) is 17.9 Å². The van der Waals surface area contributed by atoms with E-state index in [2.05, 4.69) is 10.7 Å². The van der Waals surface area contributed by atoms with E-state index < -0.39 is 0 Å². The number of rotatable bonds is 6. The highest BCUT2D eigenvalue weighted by atomic mass is 16.5. The monoisotopic (exact) mass is 422 g/mol. The Kier molecular flexibility index (Phi) is 5.81. The van der Waals surface area contributed by atoms with Crippen molar-refractivity contribution in [1.82, 2.24) is 15.3 Å². The van der Waals surface area contributed by atoms with Crippen molar-refractivity contribution in [1.29, 1.82) is 0 Å². The van der Waals surface area contributed by atoms with Crippen LogP contribution in [-0.2, 0) is 9.59 Å². The summed E-state index contributed by atoms with van der Waals surface area (Å²) in [5, 5.41) is 4.65. The molecule has 1 saturated heterocycles. The lowest BCUT2D eigenvalue weighted by Gasteiger charge is -2.31. The van der Waals surface area contributed by atoms with Gasteiger partial charge in [-0.15, -0.1) is 0 Å². The maximum absolute atomic E-state index is 13.0. The summed E-state index contributed by atoms with van der Waals surface area (Å²) >= 11 is 0. The number of hydrogen-bond donors (Lipinski definition) is 2. The zero-order valence-corrected chi connectivity index (χ0v) is 17.8. The number of fused-ring (bicyclic) bond motifs is 1. The van der Waals surface area contributed by atoms with Gasteiger partial charge in [0.05, 0.1) is 20.3 Å². The number of benzene rings is 2. The molecule has 31 heavy (non-hydrogen) atoms. The Morgan fingerprint density at radius 2 is 1.94 bits per heavy atom. The largest absolute Gasteiger partial charge is 0.493 e. The van der Waals surface area contributed by atoms with Gasteiger partial charge >= 0.3 is 0 Å². The fourth-order valence-electron chi connectivity index (χ4n) is 3.93. The lowest BCUT2D eigenvalue weighted by molar-refractivity contribution is -0.137. The summed E-state index contributed by atoms with van der Waals surface area (Å²) < 4.78 is 10.7. The minimum absolute atomic E-state index is 0.0331. The van der Waals surface area contributed by atoms with Gasteiger partial charge in [0.2, 0.25) is 5.91 Å². The molecule has 2 unspecified atom stereocenters.